The van der Waals surface area contributed by atoms with Gasteiger partial charge in [-0.3, -0.25) is 10.1 Å². The molecule has 0 radical (unpaired) electrons. The second-order valence-electron chi connectivity index (χ2n) is 7.20. The van der Waals surface area contributed by atoms with E-state index in [9.17, 15) is 21.6 Å². The normalized spacial score (nSPS) is 17.8. The third kappa shape index (κ3) is 4.90. The molecule has 170 valence electrons. The molecule has 0 bridgehead atoms. The van der Waals surface area contributed by atoms with Gasteiger partial charge in [0.05, 0.1) is 10.8 Å². The molecule has 1 atom stereocenters. The monoisotopic (exact) mass is 496 g/mol. The van der Waals surface area contributed by atoms with Crippen molar-refractivity contribution >= 4 is 43.1 Å². The quantitative estimate of drug-likeness (QED) is 0.525. The van der Waals surface area contributed by atoms with Crippen LogP contribution in [-0.4, -0.2) is 50.3 Å². The van der Waals surface area contributed by atoms with Gasteiger partial charge in [-0.15, -0.1) is 16.4 Å². The van der Waals surface area contributed by atoms with Crippen LogP contribution in [0, 0.1) is 5.92 Å². The molecule has 0 spiro atoms. The van der Waals surface area contributed by atoms with Gasteiger partial charge in [0.25, 0.3) is 10.0 Å². The molecule has 2 aromatic heterocycles. The number of benzene rings is 1. The summed E-state index contributed by atoms with van der Waals surface area (Å²) in [6.45, 7) is 0.376. The fraction of sp³-hybridized carbons (Fsp3) is 0.316. The molecule has 1 amide bonds. The minimum absolute atomic E-state index is 0.0372. The average molecular weight is 497 g/mol. The molecule has 3 aromatic rings. The van der Waals surface area contributed by atoms with E-state index in [-0.39, 0.29) is 27.6 Å². The summed E-state index contributed by atoms with van der Waals surface area (Å²) in [6, 6.07) is 10.8. The molecule has 1 aliphatic rings. The Morgan fingerprint density at radius 2 is 1.91 bits per heavy atom. The van der Waals surface area contributed by atoms with Gasteiger partial charge < -0.3 is 4.42 Å². The third-order valence-electron chi connectivity index (χ3n) is 4.96. The Morgan fingerprint density at radius 1 is 1.12 bits per heavy atom. The molecule has 3 heterocycles. The Balaban J connectivity index is 1.40. The summed E-state index contributed by atoms with van der Waals surface area (Å²) in [4.78, 5) is 12.8. The molecular weight excluding hydrogens is 476 g/mol. The van der Waals surface area contributed by atoms with Crippen molar-refractivity contribution in [2.45, 2.75) is 27.7 Å². The lowest BCUT2D eigenvalue weighted by Gasteiger charge is -2.30. The number of nitrogens with one attached hydrogen (secondary N) is 1. The van der Waals surface area contributed by atoms with Crippen molar-refractivity contribution in [3.8, 4) is 0 Å². The van der Waals surface area contributed by atoms with E-state index in [1.165, 1.54) is 22.5 Å². The first kappa shape index (κ1) is 22.6. The highest BCUT2D eigenvalue weighted by Gasteiger charge is 2.34. The number of carbonyl (C=O) groups is 1. The molecule has 32 heavy (non-hydrogen) atoms. The summed E-state index contributed by atoms with van der Waals surface area (Å²) in [7, 11) is -7.32. The predicted octanol–water partition coefficient (Wildman–Crippen LogP) is 2.14. The van der Waals surface area contributed by atoms with Gasteiger partial charge in [0, 0.05) is 13.1 Å². The van der Waals surface area contributed by atoms with Gasteiger partial charge in [0.2, 0.25) is 11.8 Å². The highest BCUT2D eigenvalue weighted by Crippen LogP contribution is 2.27. The zero-order valence-corrected chi connectivity index (χ0v) is 19.2. The van der Waals surface area contributed by atoms with Gasteiger partial charge in [0.1, 0.15) is 9.96 Å². The van der Waals surface area contributed by atoms with E-state index in [1.54, 1.807) is 29.6 Å². The first-order chi connectivity index (χ1) is 15.3. The van der Waals surface area contributed by atoms with Gasteiger partial charge >= 0.3 is 6.01 Å². The van der Waals surface area contributed by atoms with Crippen LogP contribution in [0.5, 0.6) is 0 Å². The molecule has 1 N–H and O–H groups in total. The maximum Gasteiger partial charge on any atom is 0.322 e. The second kappa shape index (κ2) is 9.10. The zero-order chi connectivity index (χ0) is 22.8. The third-order valence-corrected chi connectivity index (χ3v) is 9.81. The second-order valence-corrected chi connectivity index (χ2v) is 12.3. The van der Waals surface area contributed by atoms with Crippen LogP contribution in [0.2, 0.25) is 0 Å². The van der Waals surface area contributed by atoms with E-state index in [0.29, 0.717) is 19.4 Å². The SMILES string of the molecule is O=C(Nc1nnc(CS(=O)(=O)c2ccccc2)o1)C1CCCN(S(=O)(=O)c2cccs2)C1. The van der Waals surface area contributed by atoms with Crippen molar-refractivity contribution in [2.24, 2.45) is 5.92 Å². The molecule has 0 aliphatic carbocycles. The minimum atomic E-state index is -3.68. The van der Waals surface area contributed by atoms with E-state index >= 15 is 0 Å². The summed E-state index contributed by atoms with van der Waals surface area (Å²) in [5.74, 6) is -1.72. The number of sulfone groups is 1. The Labute approximate surface area is 189 Å². The van der Waals surface area contributed by atoms with Gasteiger partial charge in [-0.1, -0.05) is 29.4 Å². The molecular formula is C19H20N4O6S3. The topological polar surface area (TPSA) is 140 Å². The zero-order valence-electron chi connectivity index (χ0n) is 16.7. The van der Waals surface area contributed by atoms with Crippen LogP contribution in [0.25, 0.3) is 0 Å². The predicted molar refractivity (Wildman–Crippen MR) is 116 cm³/mol. The van der Waals surface area contributed by atoms with Crippen LogP contribution in [0.4, 0.5) is 6.01 Å². The summed E-state index contributed by atoms with van der Waals surface area (Å²) in [5.41, 5.74) is 0. The van der Waals surface area contributed by atoms with Crippen LogP contribution >= 0.6 is 11.3 Å². The van der Waals surface area contributed by atoms with E-state index in [0.717, 1.165) is 11.3 Å². The molecule has 10 nitrogen and oxygen atoms in total. The number of hydrogen-bond donors (Lipinski definition) is 1. The first-order valence-corrected chi connectivity index (χ1v) is 13.7. The van der Waals surface area contributed by atoms with Crippen molar-refractivity contribution in [1.82, 2.24) is 14.5 Å². The van der Waals surface area contributed by atoms with Crippen LogP contribution in [0.15, 0.2) is 61.4 Å². The number of carbonyl (C=O) groups excluding carboxylic acids is 1. The Kier molecular flexibility index (Phi) is 6.42. The van der Waals surface area contributed by atoms with Gasteiger partial charge in [-0.2, -0.15) is 4.31 Å². The van der Waals surface area contributed by atoms with Gasteiger partial charge in [-0.05, 0) is 36.4 Å². The van der Waals surface area contributed by atoms with E-state index in [2.05, 4.69) is 15.5 Å². The van der Waals surface area contributed by atoms with Crippen molar-refractivity contribution in [2.75, 3.05) is 18.4 Å². The highest BCUT2D eigenvalue weighted by atomic mass is 32.2. The van der Waals surface area contributed by atoms with Crippen LogP contribution in [0.1, 0.15) is 18.7 Å². The van der Waals surface area contributed by atoms with Crippen molar-refractivity contribution in [3.63, 3.8) is 0 Å². The summed E-state index contributed by atoms with van der Waals surface area (Å²) in [5, 5.41) is 11.5. The van der Waals surface area contributed by atoms with Crippen LogP contribution < -0.4 is 5.32 Å². The maximum absolute atomic E-state index is 12.7. The van der Waals surface area contributed by atoms with Gasteiger partial charge in [-0.25, -0.2) is 16.8 Å². The summed E-state index contributed by atoms with van der Waals surface area (Å²) >= 11 is 1.13. The summed E-state index contributed by atoms with van der Waals surface area (Å²) < 4.78 is 57.2. The van der Waals surface area contributed by atoms with Gasteiger partial charge in [0.15, 0.2) is 9.84 Å². The number of sulfonamides is 1. The maximum atomic E-state index is 12.7. The molecule has 13 heteroatoms. The smallest absolute Gasteiger partial charge is 0.322 e. The molecule has 1 aromatic carbocycles. The number of rotatable bonds is 7. The molecule has 1 fully saturated rings. The molecule has 0 saturated carbocycles. The van der Waals surface area contributed by atoms with E-state index < -0.39 is 37.4 Å². The largest absolute Gasteiger partial charge is 0.407 e. The lowest BCUT2D eigenvalue weighted by atomic mass is 9.99. The van der Waals surface area contributed by atoms with Crippen molar-refractivity contribution in [1.29, 1.82) is 0 Å². The molecule has 4 rings (SSSR count). The number of hydrogen-bond acceptors (Lipinski definition) is 9. The fourth-order valence-corrected chi connectivity index (χ4v) is 7.20. The first-order valence-electron chi connectivity index (χ1n) is 9.70. The fourth-order valence-electron chi connectivity index (χ4n) is 3.36. The van der Waals surface area contributed by atoms with E-state index in [1.807, 2.05) is 0 Å². The standard InChI is InChI=1S/C19H20N4O6S3/c24-18(14-6-4-10-23(12-14)32(27,28)17-9-5-11-30-17)20-19-22-21-16(29-19)13-31(25,26)15-7-2-1-3-8-15/h1-3,5,7-9,11,14H,4,6,10,12-13H2,(H,20,22,24). The molecule has 1 unspecified atom stereocenters. The number of aromatic nitrogens is 2. The number of thiophene rings is 1. The average Bonchev–Trinajstić information content (AvgIpc) is 3.47. The number of piperidine rings is 1. The number of anilines is 1. The number of amides is 1. The Morgan fingerprint density at radius 3 is 2.62 bits per heavy atom. The number of nitrogens with zero attached hydrogens (tertiary/aromatic N) is 3. The molecule has 1 saturated heterocycles. The van der Waals surface area contributed by atoms with Crippen molar-refractivity contribution < 1.29 is 26.0 Å². The Hall–Kier alpha value is -2.61. The summed E-state index contributed by atoms with van der Waals surface area (Å²) in [6.07, 6.45) is 1.04. The lowest BCUT2D eigenvalue weighted by Crippen LogP contribution is -2.43. The highest BCUT2D eigenvalue weighted by molar-refractivity contribution is 7.91. The van der Waals surface area contributed by atoms with Crippen LogP contribution in [0.3, 0.4) is 0 Å². The Bertz CT molecular complexity index is 1290. The lowest BCUT2D eigenvalue weighted by molar-refractivity contribution is -0.121. The minimum Gasteiger partial charge on any atom is -0.407 e. The van der Waals surface area contributed by atoms with Crippen molar-refractivity contribution in [3.05, 3.63) is 53.7 Å². The van der Waals surface area contributed by atoms with E-state index in [4.69, 9.17) is 4.42 Å². The molecule has 1 aliphatic heterocycles. The van der Waals surface area contributed by atoms with Crippen LogP contribution in [-0.2, 0) is 30.4 Å².